The molecule has 59 heavy (non-hydrogen) atoms. The lowest BCUT2D eigenvalue weighted by Crippen LogP contribution is -2.26. The number of rotatable bonds is 2. The molecule has 4 heteroatoms. The Hall–Kier alpha value is -5.84. The van der Waals surface area contributed by atoms with E-state index in [-0.39, 0.29) is 11.7 Å². The third kappa shape index (κ3) is 4.64. The SMILES string of the molecule is Cc1cc2c(c(-n3c4c(c5ccccc53)C=CC4C)c1)CS13CC4=C(CC=CC4c4cc(C)cc(-n5c6ccccc6c6ccccc65)c4C1)CC3c1ccc(F)cc1-2. The minimum Gasteiger partial charge on any atom is -0.312 e. The molecular weight excluding hydrogens is 740 g/mol. The monoisotopic (exact) mass is 784 g/mol. The number of hydrogen-bond donors (Lipinski definition) is 0. The minimum atomic E-state index is -1.50. The van der Waals surface area contributed by atoms with Gasteiger partial charge in [0, 0.05) is 61.8 Å². The van der Waals surface area contributed by atoms with Crippen LogP contribution in [0.15, 0.2) is 145 Å². The van der Waals surface area contributed by atoms with E-state index in [1.807, 2.05) is 6.07 Å². The summed E-state index contributed by atoms with van der Waals surface area (Å²) in [6.45, 7) is 6.86. The first-order valence-corrected chi connectivity index (χ1v) is 23.6. The van der Waals surface area contributed by atoms with Gasteiger partial charge in [-0.2, -0.15) is 0 Å². The van der Waals surface area contributed by atoms with Crippen LogP contribution >= 0.6 is 10.0 Å². The highest BCUT2D eigenvalue weighted by Crippen LogP contribution is 2.75. The van der Waals surface area contributed by atoms with Gasteiger partial charge in [0.1, 0.15) is 5.82 Å². The highest BCUT2D eigenvalue weighted by molar-refractivity contribution is 8.32. The Morgan fingerprint density at radius 3 is 2.05 bits per heavy atom. The van der Waals surface area contributed by atoms with Crippen molar-refractivity contribution >= 4 is 48.8 Å². The molecule has 6 aromatic carbocycles. The normalized spacial score (nSPS) is 23.4. The lowest BCUT2D eigenvalue weighted by Gasteiger charge is -2.51. The fraction of sp³-hybridized carbons (Fsp3) is 0.200. The van der Waals surface area contributed by atoms with Gasteiger partial charge in [0.2, 0.25) is 0 Å². The van der Waals surface area contributed by atoms with Crippen molar-refractivity contribution in [3.05, 3.63) is 195 Å². The Kier molecular flexibility index (Phi) is 6.99. The largest absolute Gasteiger partial charge is 0.312 e. The molecule has 2 aromatic heterocycles. The van der Waals surface area contributed by atoms with E-state index in [1.165, 1.54) is 94.3 Å². The van der Waals surface area contributed by atoms with E-state index < -0.39 is 10.0 Å². The zero-order valence-electron chi connectivity index (χ0n) is 33.7. The Balaban J connectivity index is 1.13. The molecule has 0 fully saturated rings. The van der Waals surface area contributed by atoms with Crippen molar-refractivity contribution in [1.29, 1.82) is 0 Å². The summed E-state index contributed by atoms with van der Waals surface area (Å²) in [7, 11) is -1.50. The molecule has 0 saturated heterocycles. The average Bonchev–Trinajstić information content (AvgIpc) is 3.85. The van der Waals surface area contributed by atoms with Crippen LogP contribution in [0, 0.1) is 19.7 Å². The van der Waals surface area contributed by atoms with Gasteiger partial charge >= 0.3 is 0 Å². The number of benzene rings is 6. The summed E-state index contributed by atoms with van der Waals surface area (Å²) < 4.78 is 21.0. The predicted octanol–water partition coefficient (Wildman–Crippen LogP) is 14.6. The fourth-order valence-corrected chi connectivity index (χ4v) is 17.2. The molecule has 0 saturated carbocycles. The van der Waals surface area contributed by atoms with Gasteiger partial charge in [-0.25, -0.2) is 14.4 Å². The van der Waals surface area contributed by atoms with Gasteiger partial charge in [0.25, 0.3) is 0 Å². The number of hydrogen-bond acceptors (Lipinski definition) is 0. The van der Waals surface area contributed by atoms with Crippen LogP contribution in [0.5, 0.6) is 0 Å². The molecule has 0 radical (unpaired) electrons. The summed E-state index contributed by atoms with van der Waals surface area (Å²) in [5, 5.41) is 4.22. The van der Waals surface area contributed by atoms with Crippen LogP contribution in [-0.4, -0.2) is 14.9 Å². The molecule has 4 atom stereocenters. The molecule has 1 spiro atoms. The lowest BCUT2D eigenvalue weighted by atomic mass is 9.79. The van der Waals surface area contributed by atoms with E-state index in [1.54, 1.807) is 17.2 Å². The standard InChI is InChI=1S/C55H45FN2S/c1-32-23-43-37-15-10-11-35-27-54-41-22-20-36(56)28-45(41)44-24-33(2)26-53(58-51-18-9-6-14-40(51)42-21-19-34(3)55(42)58)48(44)31-59(54,29-46(35)37)30-47(43)52(25-32)57-49-16-7-4-12-38(49)39-13-5-8-17-50(39)57/h4-10,12-26,28,34,37,54H,11,27,29-31H2,1-3H3. The van der Waals surface area contributed by atoms with Crippen molar-refractivity contribution in [3.8, 4) is 22.5 Å². The van der Waals surface area contributed by atoms with Crippen molar-refractivity contribution in [2.45, 2.75) is 62.2 Å². The molecule has 288 valence electrons. The molecule has 5 aliphatic rings. The van der Waals surface area contributed by atoms with E-state index in [4.69, 9.17) is 0 Å². The number of aromatic nitrogens is 2. The topological polar surface area (TPSA) is 9.86 Å². The summed E-state index contributed by atoms with van der Waals surface area (Å²) in [4.78, 5) is 0. The number of aryl methyl sites for hydroxylation is 2. The molecule has 0 amide bonds. The zero-order chi connectivity index (χ0) is 39.3. The first-order valence-electron chi connectivity index (χ1n) is 21.4. The van der Waals surface area contributed by atoms with Crippen molar-refractivity contribution in [1.82, 2.24) is 9.13 Å². The quantitative estimate of drug-likeness (QED) is 0.155. The number of allylic oxidation sites excluding steroid dienone is 4. The van der Waals surface area contributed by atoms with E-state index in [2.05, 4.69) is 157 Å². The Morgan fingerprint density at radius 2 is 1.29 bits per heavy atom. The van der Waals surface area contributed by atoms with Gasteiger partial charge in [-0.1, -0.05) is 115 Å². The van der Waals surface area contributed by atoms with Crippen molar-refractivity contribution in [2.24, 2.45) is 0 Å². The smallest absolute Gasteiger partial charge is 0.123 e. The van der Waals surface area contributed by atoms with Crippen molar-refractivity contribution in [2.75, 3.05) is 5.75 Å². The van der Waals surface area contributed by atoms with E-state index >= 15 is 4.39 Å². The first-order chi connectivity index (χ1) is 28.8. The molecule has 3 aliphatic heterocycles. The predicted molar refractivity (Wildman–Crippen MR) is 247 cm³/mol. The van der Waals surface area contributed by atoms with Crippen LogP contribution < -0.4 is 0 Å². The van der Waals surface area contributed by atoms with E-state index in [9.17, 15) is 0 Å². The van der Waals surface area contributed by atoms with Crippen LogP contribution in [0.4, 0.5) is 4.39 Å². The molecule has 4 unspecified atom stereocenters. The molecular formula is C55H45FN2S. The molecule has 0 N–H and O–H groups in total. The minimum absolute atomic E-state index is 0.152. The van der Waals surface area contributed by atoms with Crippen LogP contribution in [0.25, 0.3) is 61.3 Å². The van der Waals surface area contributed by atoms with Crippen molar-refractivity contribution in [3.63, 3.8) is 0 Å². The third-order valence-corrected chi connectivity index (χ3v) is 18.9. The van der Waals surface area contributed by atoms with Gasteiger partial charge in [0.05, 0.1) is 27.9 Å². The van der Waals surface area contributed by atoms with Gasteiger partial charge in [-0.15, -0.1) is 0 Å². The summed E-state index contributed by atoms with van der Waals surface area (Å²) in [5.74, 6) is 3.55. The highest BCUT2D eigenvalue weighted by atomic mass is 32.3. The number of halogens is 1. The number of fused-ring (bicyclic) bond motifs is 12. The Morgan fingerprint density at radius 1 is 0.627 bits per heavy atom. The third-order valence-electron chi connectivity index (χ3n) is 14.6. The van der Waals surface area contributed by atoms with E-state index in [0.29, 0.717) is 11.2 Å². The maximum Gasteiger partial charge on any atom is 0.123 e. The van der Waals surface area contributed by atoms with Crippen LogP contribution in [0.1, 0.15) is 81.5 Å². The van der Waals surface area contributed by atoms with Crippen LogP contribution in [0.2, 0.25) is 0 Å². The molecule has 2 bridgehead atoms. The molecule has 5 heterocycles. The van der Waals surface area contributed by atoms with E-state index in [0.717, 1.165) is 35.7 Å². The number of para-hydroxylation sites is 3. The first kappa shape index (κ1) is 34.1. The van der Waals surface area contributed by atoms with Gasteiger partial charge in [0.15, 0.2) is 0 Å². The second-order valence-corrected chi connectivity index (χ2v) is 21.7. The molecule has 8 aromatic rings. The lowest BCUT2D eigenvalue weighted by molar-refractivity contribution is 0.627. The van der Waals surface area contributed by atoms with Gasteiger partial charge < -0.3 is 9.13 Å². The maximum atomic E-state index is 15.9. The van der Waals surface area contributed by atoms with Crippen molar-refractivity contribution < 1.29 is 4.39 Å². The Bertz CT molecular complexity index is 3230. The van der Waals surface area contributed by atoms with Gasteiger partial charge in [-0.3, -0.25) is 0 Å². The highest BCUT2D eigenvalue weighted by Gasteiger charge is 2.48. The fourth-order valence-electron chi connectivity index (χ4n) is 12.2. The average molecular weight is 785 g/mol. The second-order valence-electron chi connectivity index (χ2n) is 18.0. The number of nitrogens with zero attached hydrogens (tertiary/aromatic N) is 2. The summed E-state index contributed by atoms with van der Waals surface area (Å²) in [6.07, 6.45) is 11.8. The second kappa shape index (κ2) is 12.1. The summed E-state index contributed by atoms with van der Waals surface area (Å²) >= 11 is 0. The van der Waals surface area contributed by atoms with Crippen LogP contribution in [0.3, 0.4) is 0 Å². The molecule has 2 nitrogen and oxygen atoms in total. The van der Waals surface area contributed by atoms with Crippen LogP contribution in [-0.2, 0) is 11.5 Å². The molecule has 2 aliphatic carbocycles. The zero-order valence-corrected chi connectivity index (χ0v) is 34.5. The maximum absolute atomic E-state index is 15.9. The molecule has 13 rings (SSSR count). The van der Waals surface area contributed by atoms with Gasteiger partial charge in [-0.05, 0) is 114 Å². The Labute approximate surface area is 346 Å². The summed E-state index contributed by atoms with van der Waals surface area (Å²) in [5.41, 5.74) is 23.0. The summed E-state index contributed by atoms with van der Waals surface area (Å²) in [6, 6.07) is 42.5.